The first-order valence-electron chi connectivity index (χ1n) is 5.48. The van der Waals surface area contributed by atoms with Crippen molar-refractivity contribution in [2.45, 2.75) is 6.42 Å². The number of aliphatic imine (C=N–C) groups is 1. The van der Waals surface area contributed by atoms with Crippen LogP contribution in [0.3, 0.4) is 0 Å². The lowest BCUT2D eigenvalue weighted by Gasteiger charge is -2.22. The summed E-state index contributed by atoms with van der Waals surface area (Å²) in [6, 6.07) is 2.94. The first-order chi connectivity index (χ1) is 8.17. The highest BCUT2D eigenvalue weighted by Gasteiger charge is 2.23. The van der Waals surface area contributed by atoms with Crippen LogP contribution in [0, 0.1) is 5.92 Å². The lowest BCUT2D eigenvalue weighted by Crippen LogP contribution is -2.27. The van der Waals surface area contributed by atoms with E-state index in [0.717, 1.165) is 5.56 Å². The van der Waals surface area contributed by atoms with Gasteiger partial charge in [-0.15, -0.1) is 0 Å². The minimum atomic E-state index is -0.446. The maximum Gasteiger partial charge on any atom is 0.158 e. The van der Waals surface area contributed by atoms with Crippen molar-refractivity contribution in [2.24, 2.45) is 10.9 Å². The summed E-state index contributed by atoms with van der Waals surface area (Å²) >= 11 is 0. The number of nitrogens with zero attached hydrogens (tertiary/aromatic N) is 1. The van der Waals surface area contributed by atoms with E-state index in [2.05, 4.69) is 4.99 Å². The molecular formula is C12H15NO4. The molecule has 0 saturated carbocycles. The first-order valence-corrected chi connectivity index (χ1v) is 5.48. The van der Waals surface area contributed by atoms with Crippen molar-refractivity contribution in [1.29, 1.82) is 0 Å². The van der Waals surface area contributed by atoms with Crippen LogP contribution in [0.4, 0.5) is 0 Å². The van der Waals surface area contributed by atoms with Crippen LogP contribution in [0.15, 0.2) is 17.1 Å². The molecule has 2 rings (SSSR count). The van der Waals surface area contributed by atoms with E-state index in [1.54, 1.807) is 0 Å². The second-order valence-corrected chi connectivity index (χ2v) is 4.08. The topological polar surface area (TPSA) is 93.3 Å². The molecule has 4 N–H and O–H groups in total. The van der Waals surface area contributed by atoms with Gasteiger partial charge in [-0.3, -0.25) is 4.99 Å². The molecule has 1 aliphatic rings. The molecule has 92 valence electrons. The Morgan fingerprint density at radius 1 is 1.12 bits per heavy atom. The molecule has 17 heavy (non-hydrogen) atoms. The van der Waals surface area contributed by atoms with Gasteiger partial charge in [0, 0.05) is 18.0 Å². The van der Waals surface area contributed by atoms with Gasteiger partial charge in [-0.1, -0.05) is 0 Å². The van der Waals surface area contributed by atoms with Crippen LogP contribution in [0.1, 0.15) is 11.1 Å². The lowest BCUT2D eigenvalue weighted by molar-refractivity contribution is 0.187. The molecule has 1 aromatic carbocycles. The average molecular weight is 237 g/mol. The van der Waals surface area contributed by atoms with Crippen molar-refractivity contribution in [1.82, 2.24) is 0 Å². The molecule has 1 heterocycles. The minimum absolute atomic E-state index is 0.158. The van der Waals surface area contributed by atoms with Crippen LogP contribution in [-0.4, -0.2) is 45.9 Å². The van der Waals surface area contributed by atoms with Crippen LogP contribution in [0.25, 0.3) is 0 Å². The molecule has 0 spiro atoms. The number of phenolic OH excluding ortho intramolecular Hbond substituents is 2. The van der Waals surface area contributed by atoms with Crippen molar-refractivity contribution in [2.75, 3.05) is 19.8 Å². The molecule has 0 saturated heterocycles. The van der Waals surface area contributed by atoms with Crippen LogP contribution in [0.5, 0.6) is 11.5 Å². The molecule has 0 atom stereocenters. The normalized spacial score (nSPS) is 14.6. The summed E-state index contributed by atoms with van der Waals surface area (Å²) in [5.41, 5.74) is 2.16. The smallest absolute Gasteiger partial charge is 0.158 e. The third-order valence-electron chi connectivity index (χ3n) is 2.97. The van der Waals surface area contributed by atoms with E-state index >= 15 is 0 Å². The monoisotopic (exact) mass is 237 g/mol. The second kappa shape index (κ2) is 4.73. The summed E-state index contributed by atoms with van der Waals surface area (Å²) in [4.78, 5) is 4.29. The Morgan fingerprint density at radius 2 is 1.76 bits per heavy atom. The number of aliphatic hydroxyl groups is 2. The van der Waals surface area contributed by atoms with Crippen molar-refractivity contribution in [3.63, 3.8) is 0 Å². The Kier molecular flexibility index (Phi) is 3.31. The average Bonchev–Trinajstić information content (AvgIpc) is 2.33. The molecule has 5 nitrogen and oxygen atoms in total. The van der Waals surface area contributed by atoms with Gasteiger partial charge in [0.15, 0.2) is 11.5 Å². The second-order valence-electron chi connectivity index (χ2n) is 4.08. The Labute approximate surface area is 98.7 Å². The van der Waals surface area contributed by atoms with Gasteiger partial charge < -0.3 is 20.4 Å². The van der Waals surface area contributed by atoms with Crippen molar-refractivity contribution in [3.8, 4) is 11.5 Å². The van der Waals surface area contributed by atoms with Crippen LogP contribution in [-0.2, 0) is 6.42 Å². The lowest BCUT2D eigenvalue weighted by atomic mass is 9.90. The number of phenols is 2. The highest BCUT2D eigenvalue weighted by Crippen LogP contribution is 2.31. The van der Waals surface area contributed by atoms with Crippen LogP contribution in [0.2, 0.25) is 0 Å². The predicted octanol–water partition coefficient (Wildman–Crippen LogP) is 0.0438. The fourth-order valence-corrected chi connectivity index (χ4v) is 2.03. The van der Waals surface area contributed by atoms with E-state index in [9.17, 15) is 20.4 Å². The summed E-state index contributed by atoms with van der Waals surface area (Å²) in [6.07, 6.45) is 0.677. The molecule has 0 radical (unpaired) electrons. The number of hydrogen-bond acceptors (Lipinski definition) is 5. The first kappa shape index (κ1) is 11.9. The molecule has 0 fully saturated rings. The third-order valence-corrected chi connectivity index (χ3v) is 2.97. The van der Waals surface area contributed by atoms with E-state index < -0.39 is 5.92 Å². The molecule has 0 bridgehead atoms. The van der Waals surface area contributed by atoms with Gasteiger partial charge in [-0.05, 0) is 24.1 Å². The number of fused-ring (bicyclic) bond motifs is 1. The zero-order valence-corrected chi connectivity index (χ0v) is 9.30. The third kappa shape index (κ3) is 2.11. The number of benzene rings is 1. The summed E-state index contributed by atoms with van der Waals surface area (Å²) in [6.45, 7) is 0.163. The van der Waals surface area contributed by atoms with Gasteiger partial charge >= 0.3 is 0 Å². The maximum atomic E-state index is 9.49. The van der Waals surface area contributed by atoms with Gasteiger partial charge in [-0.25, -0.2) is 0 Å². The number of hydrogen-bond donors (Lipinski definition) is 4. The van der Waals surface area contributed by atoms with Gasteiger partial charge in [0.05, 0.1) is 18.9 Å². The molecular weight excluding hydrogens is 222 g/mol. The SMILES string of the molecule is OCC(CO)C1=NCCc2cc(O)c(O)cc21. The number of aromatic hydroxyl groups is 2. The van der Waals surface area contributed by atoms with Gasteiger partial charge in [-0.2, -0.15) is 0 Å². The maximum absolute atomic E-state index is 9.49. The van der Waals surface area contributed by atoms with Crippen molar-refractivity contribution < 1.29 is 20.4 Å². The Hall–Kier alpha value is -1.59. The molecule has 1 aromatic rings. The molecule has 1 aliphatic heterocycles. The van der Waals surface area contributed by atoms with E-state index in [4.69, 9.17) is 0 Å². The van der Waals surface area contributed by atoms with Crippen LogP contribution >= 0.6 is 0 Å². The standard InChI is InChI=1S/C12H15NO4/c14-5-8(6-15)12-9-4-11(17)10(16)3-7(9)1-2-13-12/h3-4,8,14-17H,1-2,5-6H2. The molecule has 0 aromatic heterocycles. The fourth-order valence-electron chi connectivity index (χ4n) is 2.03. The highest BCUT2D eigenvalue weighted by molar-refractivity contribution is 6.04. The summed E-state index contributed by atoms with van der Waals surface area (Å²) in [5, 5.41) is 37.3. The molecule has 5 heteroatoms. The Bertz CT molecular complexity index is 452. The molecule has 0 aliphatic carbocycles. The van der Waals surface area contributed by atoms with Crippen molar-refractivity contribution in [3.05, 3.63) is 23.3 Å². The van der Waals surface area contributed by atoms with E-state index in [0.29, 0.717) is 24.2 Å². The molecule has 0 unspecified atom stereocenters. The Morgan fingerprint density at radius 3 is 2.41 bits per heavy atom. The van der Waals surface area contributed by atoms with E-state index in [1.165, 1.54) is 12.1 Å². The number of aliphatic hydroxyl groups excluding tert-OH is 2. The summed E-state index contributed by atoms with van der Waals surface area (Å²) in [5.74, 6) is -0.819. The van der Waals surface area contributed by atoms with Crippen LogP contribution < -0.4 is 0 Å². The largest absolute Gasteiger partial charge is 0.504 e. The van der Waals surface area contributed by atoms with Gasteiger partial charge in [0.25, 0.3) is 0 Å². The Balaban J connectivity index is 2.47. The zero-order chi connectivity index (χ0) is 12.4. The quantitative estimate of drug-likeness (QED) is 0.558. The minimum Gasteiger partial charge on any atom is -0.504 e. The fraction of sp³-hybridized carbons (Fsp3) is 0.417. The highest BCUT2D eigenvalue weighted by atomic mass is 16.3. The summed E-state index contributed by atoms with van der Waals surface area (Å²) < 4.78 is 0. The summed E-state index contributed by atoms with van der Waals surface area (Å²) in [7, 11) is 0. The van der Waals surface area contributed by atoms with Gasteiger partial charge in [0.2, 0.25) is 0 Å². The zero-order valence-electron chi connectivity index (χ0n) is 9.30. The van der Waals surface area contributed by atoms with E-state index in [1.807, 2.05) is 0 Å². The van der Waals surface area contributed by atoms with Crippen molar-refractivity contribution >= 4 is 5.71 Å². The molecule has 0 amide bonds. The van der Waals surface area contributed by atoms with Gasteiger partial charge in [0.1, 0.15) is 0 Å². The number of rotatable bonds is 3. The van der Waals surface area contributed by atoms with E-state index in [-0.39, 0.29) is 24.7 Å². The predicted molar refractivity (Wildman–Crippen MR) is 62.5 cm³/mol.